The SMILES string of the molecule is Cc1cc(CC(C)NC(=O)N2CCCc3ccccc3C2)n[nH]1. The zero-order valence-corrected chi connectivity index (χ0v) is 13.8. The number of aromatic nitrogens is 2. The third-order valence-corrected chi connectivity index (χ3v) is 4.29. The molecule has 3 rings (SSSR count). The van der Waals surface area contributed by atoms with E-state index in [4.69, 9.17) is 0 Å². The molecule has 23 heavy (non-hydrogen) atoms. The molecule has 2 amide bonds. The standard InChI is InChI=1S/C18H24N4O/c1-13(10-17-11-14(2)20-21-17)19-18(23)22-9-5-8-15-6-3-4-7-16(15)12-22/h3-4,6-7,11,13H,5,8-10,12H2,1-2H3,(H,19,23)(H,20,21). The van der Waals surface area contributed by atoms with Gasteiger partial charge in [-0.1, -0.05) is 24.3 Å². The Morgan fingerprint density at radius 1 is 1.39 bits per heavy atom. The van der Waals surface area contributed by atoms with Crippen molar-refractivity contribution < 1.29 is 4.79 Å². The van der Waals surface area contributed by atoms with Gasteiger partial charge in [-0.2, -0.15) is 5.10 Å². The van der Waals surface area contributed by atoms with Crippen LogP contribution in [0.2, 0.25) is 0 Å². The van der Waals surface area contributed by atoms with Gasteiger partial charge in [0.15, 0.2) is 0 Å². The molecule has 1 unspecified atom stereocenters. The highest BCUT2D eigenvalue weighted by molar-refractivity contribution is 5.74. The Kier molecular flexibility index (Phi) is 4.65. The van der Waals surface area contributed by atoms with Crippen LogP contribution in [0.15, 0.2) is 30.3 Å². The second kappa shape index (κ2) is 6.86. The number of urea groups is 1. The maximum Gasteiger partial charge on any atom is 0.317 e. The summed E-state index contributed by atoms with van der Waals surface area (Å²) in [5.74, 6) is 0. The van der Waals surface area contributed by atoms with Crippen molar-refractivity contribution in [2.45, 2.75) is 45.7 Å². The van der Waals surface area contributed by atoms with E-state index in [9.17, 15) is 4.79 Å². The van der Waals surface area contributed by atoms with E-state index in [-0.39, 0.29) is 12.1 Å². The molecule has 0 spiro atoms. The molecule has 2 N–H and O–H groups in total. The molecule has 1 aliphatic heterocycles. The number of nitrogens with one attached hydrogen (secondary N) is 2. The molecule has 122 valence electrons. The Balaban J connectivity index is 1.59. The number of carbonyl (C=O) groups is 1. The fraction of sp³-hybridized carbons (Fsp3) is 0.444. The summed E-state index contributed by atoms with van der Waals surface area (Å²) in [6.07, 6.45) is 2.79. The van der Waals surface area contributed by atoms with E-state index in [1.165, 1.54) is 11.1 Å². The normalized spacial score (nSPS) is 15.7. The number of benzene rings is 1. The molecule has 1 atom stereocenters. The zero-order chi connectivity index (χ0) is 16.2. The van der Waals surface area contributed by atoms with Crippen molar-refractivity contribution >= 4 is 6.03 Å². The van der Waals surface area contributed by atoms with E-state index in [1.807, 2.05) is 30.9 Å². The number of aryl methyl sites for hydroxylation is 2. The number of amides is 2. The van der Waals surface area contributed by atoms with Crippen LogP contribution in [0.25, 0.3) is 0 Å². The third kappa shape index (κ3) is 3.92. The van der Waals surface area contributed by atoms with Crippen LogP contribution in [-0.2, 0) is 19.4 Å². The molecular formula is C18H24N4O. The van der Waals surface area contributed by atoms with Crippen LogP contribution in [0.4, 0.5) is 4.79 Å². The average Bonchev–Trinajstić information content (AvgIpc) is 2.81. The molecular weight excluding hydrogens is 288 g/mol. The van der Waals surface area contributed by atoms with Crippen LogP contribution < -0.4 is 5.32 Å². The molecule has 0 saturated carbocycles. The fourth-order valence-electron chi connectivity index (χ4n) is 3.12. The lowest BCUT2D eigenvalue weighted by atomic mass is 10.0. The summed E-state index contributed by atoms with van der Waals surface area (Å²) in [5.41, 5.74) is 4.65. The smallest absolute Gasteiger partial charge is 0.317 e. The molecule has 0 fully saturated rings. The first-order valence-corrected chi connectivity index (χ1v) is 8.25. The van der Waals surface area contributed by atoms with Crippen LogP contribution in [0, 0.1) is 6.92 Å². The summed E-state index contributed by atoms with van der Waals surface area (Å²) in [7, 11) is 0. The lowest BCUT2D eigenvalue weighted by Gasteiger charge is -2.24. The molecule has 5 heteroatoms. The van der Waals surface area contributed by atoms with Crippen molar-refractivity contribution in [3.8, 4) is 0 Å². The van der Waals surface area contributed by atoms with E-state index in [2.05, 4.69) is 33.7 Å². The number of hydrogen-bond donors (Lipinski definition) is 2. The molecule has 1 aromatic carbocycles. The van der Waals surface area contributed by atoms with Gasteiger partial charge in [-0.25, -0.2) is 4.79 Å². The minimum Gasteiger partial charge on any atom is -0.335 e. The molecule has 0 radical (unpaired) electrons. The monoisotopic (exact) mass is 312 g/mol. The van der Waals surface area contributed by atoms with Crippen LogP contribution in [0.1, 0.15) is 35.9 Å². The van der Waals surface area contributed by atoms with E-state index >= 15 is 0 Å². The Labute approximate surface area is 137 Å². The van der Waals surface area contributed by atoms with Crippen molar-refractivity contribution in [3.05, 3.63) is 52.8 Å². The number of hydrogen-bond acceptors (Lipinski definition) is 2. The second-order valence-corrected chi connectivity index (χ2v) is 6.39. The minimum atomic E-state index is 0.0152. The lowest BCUT2D eigenvalue weighted by Crippen LogP contribution is -2.44. The van der Waals surface area contributed by atoms with Gasteiger partial charge in [0.05, 0.1) is 5.69 Å². The number of aromatic amines is 1. The van der Waals surface area contributed by atoms with Gasteiger partial charge in [-0.3, -0.25) is 5.10 Å². The van der Waals surface area contributed by atoms with Gasteiger partial charge in [0, 0.05) is 31.2 Å². The minimum absolute atomic E-state index is 0.0152. The van der Waals surface area contributed by atoms with Crippen molar-refractivity contribution in [3.63, 3.8) is 0 Å². The molecule has 1 aliphatic rings. The molecule has 0 saturated heterocycles. The van der Waals surface area contributed by atoms with Crippen LogP contribution in [-0.4, -0.2) is 33.7 Å². The van der Waals surface area contributed by atoms with Gasteiger partial charge < -0.3 is 10.2 Å². The molecule has 0 aliphatic carbocycles. The van der Waals surface area contributed by atoms with E-state index in [1.54, 1.807) is 0 Å². The van der Waals surface area contributed by atoms with Crippen molar-refractivity contribution in [2.24, 2.45) is 0 Å². The fourth-order valence-corrected chi connectivity index (χ4v) is 3.12. The van der Waals surface area contributed by atoms with Crippen molar-refractivity contribution in [1.29, 1.82) is 0 Å². The molecule has 2 aromatic rings. The van der Waals surface area contributed by atoms with Gasteiger partial charge in [-0.05, 0) is 43.9 Å². The summed E-state index contributed by atoms with van der Waals surface area (Å²) in [6, 6.07) is 10.5. The number of H-pyrrole nitrogens is 1. The van der Waals surface area contributed by atoms with E-state index in [0.717, 1.165) is 37.2 Å². The largest absolute Gasteiger partial charge is 0.335 e. The average molecular weight is 312 g/mol. The number of fused-ring (bicyclic) bond motifs is 1. The van der Waals surface area contributed by atoms with Gasteiger partial charge in [0.2, 0.25) is 0 Å². The summed E-state index contributed by atoms with van der Waals surface area (Å²) in [4.78, 5) is 14.5. The van der Waals surface area contributed by atoms with Crippen molar-refractivity contribution in [2.75, 3.05) is 6.54 Å². The topological polar surface area (TPSA) is 61.0 Å². The van der Waals surface area contributed by atoms with E-state index < -0.39 is 0 Å². The summed E-state index contributed by atoms with van der Waals surface area (Å²) < 4.78 is 0. The van der Waals surface area contributed by atoms with Crippen molar-refractivity contribution in [1.82, 2.24) is 20.4 Å². The predicted molar refractivity (Wildman–Crippen MR) is 90.2 cm³/mol. The van der Waals surface area contributed by atoms with Crippen LogP contribution in [0.3, 0.4) is 0 Å². The molecule has 0 bridgehead atoms. The number of carbonyl (C=O) groups excluding carboxylic acids is 1. The van der Waals surface area contributed by atoms with Gasteiger partial charge >= 0.3 is 6.03 Å². The number of rotatable bonds is 3. The first kappa shape index (κ1) is 15.6. The molecule has 2 heterocycles. The van der Waals surface area contributed by atoms with Crippen LogP contribution >= 0.6 is 0 Å². The van der Waals surface area contributed by atoms with Gasteiger partial charge in [-0.15, -0.1) is 0 Å². The highest BCUT2D eigenvalue weighted by atomic mass is 16.2. The quantitative estimate of drug-likeness (QED) is 0.915. The Hall–Kier alpha value is -2.30. The summed E-state index contributed by atoms with van der Waals surface area (Å²) >= 11 is 0. The maximum atomic E-state index is 12.6. The van der Waals surface area contributed by atoms with Crippen LogP contribution in [0.5, 0.6) is 0 Å². The first-order chi connectivity index (χ1) is 11.1. The highest BCUT2D eigenvalue weighted by Crippen LogP contribution is 2.18. The maximum absolute atomic E-state index is 12.6. The summed E-state index contributed by atoms with van der Waals surface area (Å²) in [5, 5.41) is 10.3. The number of nitrogens with zero attached hydrogens (tertiary/aromatic N) is 2. The Bertz CT molecular complexity index is 679. The second-order valence-electron chi connectivity index (χ2n) is 6.39. The van der Waals surface area contributed by atoms with E-state index in [0.29, 0.717) is 6.54 Å². The molecule has 5 nitrogen and oxygen atoms in total. The lowest BCUT2D eigenvalue weighted by molar-refractivity contribution is 0.192. The zero-order valence-electron chi connectivity index (χ0n) is 13.8. The third-order valence-electron chi connectivity index (χ3n) is 4.29. The molecule has 1 aromatic heterocycles. The highest BCUT2D eigenvalue weighted by Gasteiger charge is 2.20. The first-order valence-electron chi connectivity index (χ1n) is 8.25. The van der Waals surface area contributed by atoms with Gasteiger partial charge in [0.1, 0.15) is 0 Å². The van der Waals surface area contributed by atoms with Gasteiger partial charge in [0.25, 0.3) is 0 Å². The Morgan fingerprint density at radius 2 is 2.17 bits per heavy atom. The summed E-state index contributed by atoms with van der Waals surface area (Å²) in [6.45, 7) is 5.49. The predicted octanol–water partition coefficient (Wildman–Crippen LogP) is 2.81. The Morgan fingerprint density at radius 3 is 2.91 bits per heavy atom.